The van der Waals surface area contributed by atoms with Crippen molar-refractivity contribution in [3.05, 3.63) is 35.4 Å². The summed E-state index contributed by atoms with van der Waals surface area (Å²) < 4.78 is 5.43. The van der Waals surface area contributed by atoms with E-state index in [2.05, 4.69) is 5.32 Å². The number of carboxylic acids is 1. The number of carbonyl (C=O) groups excluding carboxylic acids is 2. The van der Waals surface area contributed by atoms with Crippen molar-refractivity contribution in [1.82, 2.24) is 15.1 Å². The summed E-state index contributed by atoms with van der Waals surface area (Å²) in [4.78, 5) is 38.9. The molecule has 1 unspecified atom stereocenters. The summed E-state index contributed by atoms with van der Waals surface area (Å²) in [5, 5.41) is 11.7. The van der Waals surface area contributed by atoms with E-state index in [0.717, 1.165) is 18.4 Å². The van der Waals surface area contributed by atoms with E-state index in [4.69, 9.17) is 9.84 Å². The second-order valence-electron chi connectivity index (χ2n) is 6.47. The Bertz CT molecular complexity index is 662. The molecule has 0 radical (unpaired) electrons. The van der Waals surface area contributed by atoms with Crippen LogP contribution in [0.5, 0.6) is 0 Å². The van der Waals surface area contributed by atoms with Crippen LogP contribution >= 0.6 is 0 Å². The lowest BCUT2D eigenvalue weighted by Crippen LogP contribution is -2.54. The van der Waals surface area contributed by atoms with E-state index in [9.17, 15) is 14.4 Å². The summed E-state index contributed by atoms with van der Waals surface area (Å²) in [6.07, 6.45) is 1.39. The van der Waals surface area contributed by atoms with Crippen molar-refractivity contribution in [3.8, 4) is 0 Å². The topological polar surface area (TPSA) is 99.2 Å². The van der Waals surface area contributed by atoms with E-state index in [1.54, 1.807) is 21.9 Å². The molecule has 2 aliphatic rings. The maximum Gasteiger partial charge on any atom is 0.335 e. The van der Waals surface area contributed by atoms with Crippen LogP contribution in [0.3, 0.4) is 0 Å². The number of nitrogens with one attached hydrogen (secondary N) is 1. The van der Waals surface area contributed by atoms with Gasteiger partial charge < -0.3 is 25.0 Å². The minimum absolute atomic E-state index is 0.0288. The number of carboxylic acid groups (broad SMARTS) is 1. The summed E-state index contributed by atoms with van der Waals surface area (Å²) in [6.45, 7) is 2.98. The molecule has 0 bridgehead atoms. The Hall–Kier alpha value is -2.61. The number of hydrogen-bond acceptors (Lipinski definition) is 4. The highest BCUT2D eigenvalue weighted by Crippen LogP contribution is 2.16. The molecule has 0 saturated carbocycles. The SMILES string of the molecule is O=C(O)c1ccc(CNC(=O)N2CCN(C(=O)C3CCCO3)CC2)cc1. The highest BCUT2D eigenvalue weighted by molar-refractivity contribution is 5.87. The van der Waals surface area contributed by atoms with Gasteiger partial charge in [0.05, 0.1) is 5.56 Å². The van der Waals surface area contributed by atoms with Gasteiger partial charge >= 0.3 is 12.0 Å². The average molecular weight is 361 g/mol. The van der Waals surface area contributed by atoms with Gasteiger partial charge in [0.2, 0.25) is 0 Å². The van der Waals surface area contributed by atoms with Crippen molar-refractivity contribution >= 4 is 17.9 Å². The van der Waals surface area contributed by atoms with Crippen molar-refractivity contribution in [1.29, 1.82) is 0 Å². The largest absolute Gasteiger partial charge is 0.478 e. The lowest BCUT2D eigenvalue weighted by molar-refractivity contribution is -0.142. The van der Waals surface area contributed by atoms with Crippen LogP contribution in [-0.2, 0) is 16.1 Å². The van der Waals surface area contributed by atoms with Crippen molar-refractivity contribution in [2.45, 2.75) is 25.5 Å². The number of piperazine rings is 1. The second-order valence-corrected chi connectivity index (χ2v) is 6.47. The predicted molar refractivity (Wildman–Crippen MR) is 92.8 cm³/mol. The van der Waals surface area contributed by atoms with Crippen LogP contribution in [0.2, 0.25) is 0 Å². The van der Waals surface area contributed by atoms with E-state index < -0.39 is 5.97 Å². The third-order valence-electron chi connectivity index (χ3n) is 4.73. The molecule has 1 aromatic rings. The fourth-order valence-corrected chi connectivity index (χ4v) is 3.16. The van der Waals surface area contributed by atoms with Gasteiger partial charge in [-0.2, -0.15) is 0 Å². The minimum atomic E-state index is -0.976. The summed E-state index contributed by atoms with van der Waals surface area (Å²) in [5.41, 5.74) is 1.04. The van der Waals surface area contributed by atoms with Gasteiger partial charge in [-0.05, 0) is 30.5 Å². The van der Waals surface area contributed by atoms with Crippen molar-refractivity contribution in [2.24, 2.45) is 0 Å². The molecule has 2 aliphatic heterocycles. The van der Waals surface area contributed by atoms with Gasteiger partial charge in [-0.25, -0.2) is 9.59 Å². The predicted octanol–water partition coefficient (Wildman–Crippen LogP) is 0.918. The molecule has 2 N–H and O–H groups in total. The first kappa shape index (κ1) is 18.2. The molecule has 1 atom stereocenters. The van der Waals surface area contributed by atoms with Crippen LogP contribution in [0.15, 0.2) is 24.3 Å². The van der Waals surface area contributed by atoms with Crippen molar-refractivity contribution in [2.75, 3.05) is 32.8 Å². The van der Waals surface area contributed by atoms with E-state index >= 15 is 0 Å². The van der Waals surface area contributed by atoms with Gasteiger partial charge in [0.1, 0.15) is 6.10 Å². The highest BCUT2D eigenvalue weighted by Gasteiger charge is 2.31. The molecular weight excluding hydrogens is 338 g/mol. The average Bonchev–Trinajstić information content (AvgIpc) is 3.20. The molecular formula is C18H23N3O5. The molecule has 3 rings (SSSR count). The number of aromatic carboxylic acids is 1. The number of carbonyl (C=O) groups is 3. The van der Waals surface area contributed by atoms with Gasteiger partial charge in [-0.3, -0.25) is 4.79 Å². The maximum atomic E-state index is 12.3. The number of rotatable bonds is 4. The third-order valence-corrected chi connectivity index (χ3v) is 4.73. The smallest absolute Gasteiger partial charge is 0.335 e. The number of nitrogens with zero attached hydrogens (tertiary/aromatic N) is 2. The van der Waals surface area contributed by atoms with E-state index in [-0.39, 0.29) is 23.6 Å². The van der Waals surface area contributed by atoms with Gasteiger partial charge in [0, 0.05) is 39.3 Å². The standard InChI is InChI=1S/C18H23N3O5/c22-16(15-2-1-11-26-15)20-7-9-21(10-8-20)18(25)19-12-13-3-5-14(6-4-13)17(23)24/h3-6,15H,1-2,7-12H2,(H,19,25)(H,23,24). The normalized spacial score (nSPS) is 20.1. The summed E-state index contributed by atoms with van der Waals surface area (Å²) in [7, 11) is 0. The molecule has 140 valence electrons. The van der Waals surface area contributed by atoms with E-state index in [0.29, 0.717) is 39.3 Å². The number of ether oxygens (including phenoxy) is 1. The van der Waals surface area contributed by atoms with Gasteiger partial charge in [-0.1, -0.05) is 12.1 Å². The van der Waals surface area contributed by atoms with Crippen molar-refractivity contribution < 1.29 is 24.2 Å². The highest BCUT2D eigenvalue weighted by atomic mass is 16.5. The molecule has 0 spiro atoms. The van der Waals surface area contributed by atoms with Gasteiger partial charge in [0.25, 0.3) is 5.91 Å². The molecule has 2 saturated heterocycles. The maximum absolute atomic E-state index is 12.3. The fraction of sp³-hybridized carbons (Fsp3) is 0.500. The number of urea groups is 1. The molecule has 8 heteroatoms. The Morgan fingerprint density at radius 2 is 1.73 bits per heavy atom. The minimum Gasteiger partial charge on any atom is -0.478 e. The second kappa shape index (κ2) is 8.18. The lowest BCUT2D eigenvalue weighted by Gasteiger charge is -2.35. The van der Waals surface area contributed by atoms with Crippen LogP contribution in [0.1, 0.15) is 28.8 Å². The Labute approximate surface area is 151 Å². The fourth-order valence-electron chi connectivity index (χ4n) is 3.16. The molecule has 2 fully saturated rings. The monoisotopic (exact) mass is 361 g/mol. The Morgan fingerprint density at radius 1 is 1.08 bits per heavy atom. The molecule has 1 aromatic carbocycles. The van der Waals surface area contributed by atoms with Crippen LogP contribution in [0.25, 0.3) is 0 Å². The Balaban J connectivity index is 1.43. The molecule has 0 aromatic heterocycles. The first-order valence-electron chi connectivity index (χ1n) is 8.80. The zero-order valence-corrected chi connectivity index (χ0v) is 14.5. The molecule has 3 amide bonds. The Morgan fingerprint density at radius 3 is 2.31 bits per heavy atom. The number of hydrogen-bond donors (Lipinski definition) is 2. The van der Waals surface area contributed by atoms with Gasteiger partial charge in [-0.15, -0.1) is 0 Å². The number of amides is 3. The van der Waals surface area contributed by atoms with Crippen LogP contribution < -0.4 is 5.32 Å². The first-order valence-corrected chi connectivity index (χ1v) is 8.80. The summed E-state index contributed by atoms with van der Waals surface area (Å²) >= 11 is 0. The summed E-state index contributed by atoms with van der Waals surface area (Å²) in [5.74, 6) is -0.947. The quantitative estimate of drug-likeness (QED) is 0.831. The lowest BCUT2D eigenvalue weighted by atomic mass is 10.1. The molecule has 0 aliphatic carbocycles. The number of benzene rings is 1. The first-order chi connectivity index (χ1) is 12.5. The zero-order chi connectivity index (χ0) is 18.5. The Kier molecular flexibility index (Phi) is 5.72. The third kappa shape index (κ3) is 4.32. The molecule has 26 heavy (non-hydrogen) atoms. The van der Waals surface area contributed by atoms with E-state index in [1.165, 1.54) is 12.1 Å². The van der Waals surface area contributed by atoms with E-state index in [1.807, 2.05) is 0 Å². The summed E-state index contributed by atoms with van der Waals surface area (Å²) in [6, 6.07) is 6.21. The van der Waals surface area contributed by atoms with Crippen LogP contribution in [0, 0.1) is 0 Å². The van der Waals surface area contributed by atoms with Gasteiger partial charge in [0.15, 0.2) is 0 Å². The molecule has 8 nitrogen and oxygen atoms in total. The molecule has 2 heterocycles. The zero-order valence-electron chi connectivity index (χ0n) is 14.5. The van der Waals surface area contributed by atoms with Crippen LogP contribution in [0.4, 0.5) is 4.79 Å². The van der Waals surface area contributed by atoms with Crippen LogP contribution in [-0.4, -0.2) is 71.7 Å². The van der Waals surface area contributed by atoms with Crippen molar-refractivity contribution in [3.63, 3.8) is 0 Å².